The summed E-state index contributed by atoms with van der Waals surface area (Å²) in [5.41, 5.74) is 1.17. The Labute approximate surface area is 154 Å². The Bertz CT molecular complexity index is 464. The second kappa shape index (κ2) is 10.8. The van der Waals surface area contributed by atoms with Crippen LogP contribution in [-0.4, -0.2) is 36.0 Å². The Balaban J connectivity index is 1.90. The molecule has 2 rings (SSSR count). The molecule has 0 amide bonds. The third-order valence-corrected chi connectivity index (χ3v) is 6.54. The molecule has 0 unspecified atom stereocenters. The predicted molar refractivity (Wildman–Crippen MR) is 105 cm³/mol. The van der Waals surface area contributed by atoms with Crippen molar-refractivity contribution in [1.82, 2.24) is 4.31 Å². The zero-order valence-electron chi connectivity index (χ0n) is 14.2. The van der Waals surface area contributed by atoms with E-state index in [-0.39, 0.29) is 0 Å². The lowest BCUT2D eigenvalue weighted by Crippen LogP contribution is -2.30. The van der Waals surface area contributed by atoms with Crippen molar-refractivity contribution in [3.8, 4) is 5.75 Å². The van der Waals surface area contributed by atoms with Gasteiger partial charge < -0.3 is 4.74 Å². The van der Waals surface area contributed by atoms with E-state index in [1.807, 2.05) is 23.7 Å². The lowest BCUT2D eigenvalue weighted by molar-refractivity contribution is 0.188. The number of ether oxygens (including phenoxy) is 1. The van der Waals surface area contributed by atoms with Crippen LogP contribution in [0.4, 0.5) is 0 Å². The Morgan fingerprint density at radius 3 is 2.74 bits per heavy atom. The second-order valence-corrected chi connectivity index (χ2v) is 8.27. The van der Waals surface area contributed by atoms with Crippen LogP contribution in [0.25, 0.3) is 0 Å². The Kier molecular flexibility index (Phi) is 9.02. The van der Waals surface area contributed by atoms with Gasteiger partial charge in [0.25, 0.3) is 0 Å². The summed E-state index contributed by atoms with van der Waals surface area (Å²) in [6.45, 7) is 5.43. The largest absolute Gasteiger partial charge is 0.492 e. The van der Waals surface area contributed by atoms with Gasteiger partial charge in [0.2, 0.25) is 0 Å². The monoisotopic (exact) mass is 373 g/mol. The average molecular weight is 374 g/mol. The fourth-order valence-corrected chi connectivity index (χ4v) is 4.56. The Morgan fingerprint density at radius 1 is 1.30 bits per heavy atom. The van der Waals surface area contributed by atoms with Gasteiger partial charge in [-0.25, -0.2) is 0 Å². The molecule has 1 saturated heterocycles. The van der Waals surface area contributed by atoms with Crippen molar-refractivity contribution in [1.29, 1.82) is 0 Å². The maximum Gasteiger partial charge on any atom is 0.132 e. The second-order valence-electron chi connectivity index (χ2n) is 5.98. The molecule has 1 aliphatic rings. The third-order valence-electron chi connectivity index (χ3n) is 4.22. The highest BCUT2D eigenvalue weighted by Crippen LogP contribution is 2.32. The molecule has 23 heavy (non-hydrogen) atoms. The number of alkyl halides is 1. The van der Waals surface area contributed by atoms with Crippen molar-refractivity contribution in [2.24, 2.45) is 5.92 Å². The van der Waals surface area contributed by atoms with E-state index in [4.69, 9.17) is 16.3 Å². The van der Waals surface area contributed by atoms with Crippen LogP contribution in [0, 0.1) is 5.92 Å². The molecule has 0 spiro atoms. The normalized spacial score (nSPS) is 16.7. The summed E-state index contributed by atoms with van der Waals surface area (Å²) in [5, 5.41) is 0. The molecular weight excluding hydrogens is 346 g/mol. The van der Waals surface area contributed by atoms with Crippen LogP contribution in [0.5, 0.6) is 5.75 Å². The van der Waals surface area contributed by atoms with E-state index in [0.717, 1.165) is 18.1 Å². The summed E-state index contributed by atoms with van der Waals surface area (Å²) in [5.74, 6) is 3.42. The van der Waals surface area contributed by atoms with Crippen LogP contribution in [0.3, 0.4) is 0 Å². The SMILES string of the molecule is CCCCSc1cc(CCl)ccc1OCC1CCN(SC)CC1. The number of halogens is 1. The standard InChI is InChI=1S/C18H28ClNOS2/c1-3-4-11-23-18-12-16(13-19)5-6-17(18)21-14-15-7-9-20(22-2)10-8-15/h5-6,12,15H,3-4,7-11,13-14H2,1-2H3. The van der Waals surface area contributed by atoms with Crippen LogP contribution in [-0.2, 0) is 5.88 Å². The highest BCUT2D eigenvalue weighted by atomic mass is 35.5. The average Bonchev–Trinajstić information content (AvgIpc) is 2.61. The first-order valence-corrected chi connectivity index (χ1v) is 11.2. The van der Waals surface area contributed by atoms with E-state index in [9.17, 15) is 0 Å². The van der Waals surface area contributed by atoms with Crippen molar-refractivity contribution in [2.45, 2.75) is 43.4 Å². The van der Waals surface area contributed by atoms with Crippen molar-refractivity contribution >= 4 is 35.3 Å². The summed E-state index contributed by atoms with van der Waals surface area (Å²) >= 11 is 9.74. The molecule has 0 N–H and O–H groups in total. The molecule has 5 heteroatoms. The number of thioether (sulfide) groups is 1. The minimum Gasteiger partial charge on any atom is -0.492 e. The van der Waals surface area contributed by atoms with E-state index in [2.05, 4.69) is 35.7 Å². The smallest absolute Gasteiger partial charge is 0.132 e. The summed E-state index contributed by atoms with van der Waals surface area (Å²) in [6, 6.07) is 6.38. The number of benzene rings is 1. The van der Waals surface area contributed by atoms with Gasteiger partial charge >= 0.3 is 0 Å². The van der Waals surface area contributed by atoms with Crippen molar-refractivity contribution in [3.05, 3.63) is 23.8 Å². The van der Waals surface area contributed by atoms with Crippen molar-refractivity contribution in [3.63, 3.8) is 0 Å². The first-order chi connectivity index (χ1) is 11.3. The molecule has 0 radical (unpaired) electrons. The number of hydrogen-bond donors (Lipinski definition) is 0. The van der Waals surface area contributed by atoms with Crippen LogP contribution in [0.1, 0.15) is 38.2 Å². The minimum absolute atomic E-state index is 0.564. The fraction of sp³-hybridized carbons (Fsp3) is 0.667. The van der Waals surface area contributed by atoms with E-state index in [1.165, 1.54) is 49.2 Å². The lowest BCUT2D eigenvalue weighted by atomic mass is 9.99. The summed E-state index contributed by atoms with van der Waals surface area (Å²) in [4.78, 5) is 1.25. The number of nitrogens with zero attached hydrogens (tertiary/aromatic N) is 1. The first kappa shape index (κ1) is 19.3. The number of piperidine rings is 1. The molecule has 0 aromatic heterocycles. The molecular formula is C18H28ClNOS2. The molecule has 1 aliphatic heterocycles. The van der Waals surface area contributed by atoms with Gasteiger partial charge in [-0.1, -0.05) is 31.4 Å². The fourth-order valence-electron chi connectivity index (χ4n) is 2.66. The van der Waals surface area contributed by atoms with Crippen LogP contribution < -0.4 is 4.74 Å². The maximum absolute atomic E-state index is 6.19. The Morgan fingerprint density at radius 2 is 2.09 bits per heavy atom. The molecule has 0 atom stereocenters. The molecule has 0 saturated carbocycles. The first-order valence-electron chi connectivity index (χ1n) is 8.50. The predicted octanol–water partition coefficient (Wildman–Crippen LogP) is 5.69. The van der Waals surface area contributed by atoms with E-state index >= 15 is 0 Å². The highest BCUT2D eigenvalue weighted by Gasteiger charge is 2.19. The number of rotatable bonds is 9. The van der Waals surface area contributed by atoms with Gasteiger partial charge in [-0.3, -0.25) is 4.31 Å². The summed E-state index contributed by atoms with van der Waals surface area (Å²) in [7, 11) is 0. The van der Waals surface area contributed by atoms with E-state index in [1.54, 1.807) is 0 Å². The summed E-state index contributed by atoms with van der Waals surface area (Å²) in [6.07, 6.45) is 7.10. The molecule has 1 fully saturated rings. The van der Waals surface area contributed by atoms with Crippen LogP contribution in [0.15, 0.2) is 23.1 Å². The van der Waals surface area contributed by atoms with Gasteiger partial charge in [-0.2, -0.15) is 0 Å². The van der Waals surface area contributed by atoms with Gasteiger partial charge in [-0.15, -0.1) is 23.4 Å². The van der Waals surface area contributed by atoms with Crippen LogP contribution in [0.2, 0.25) is 0 Å². The minimum atomic E-state index is 0.564. The van der Waals surface area contributed by atoms with Gasteiger partial charge in [0, 0.05) is 23.9 Å². The quantitative estimate of drug-likeness (QED) is 0.238. The molecule has 1 aromatic rings. The van der Waals surface area contributed by atoms with E-state index in [0.29, 0.717) is 11.8 Å². The topological polar surface area (TPSA) is 12.5 Å². The molecule has 130 valence electrons. The van der Waals surface area contributed by atoms with Gasteiger partial charge in [0.05, 0.1) is 6.61 Å². The zero-order valence-corrected chi connectivity index (χ0v) is 16.6. The van der Waals surface area contributed by atoms with Crippen molar-refractivity contribution in [2.75, 3.05) is 31.7 Å². The molecule has 2 nitrogen and oxygen atoms in total. The van der Waals surface area contributed by atoms with Gasteiger partial charge in [-0.05, 0) is 54.9 Å². The maximum atomic E-state index is 6.19. The van der Waals surface area contributed by atoms with Gasteiger partial charge in [0.15, 0.2) is 0 Å². The summed E-state index contributed by atoms with van der Waals surface area (Å²) < 4.78 is 8.63. The highest BCUT2D eigenvalue weighted by molar-refractivity contribution is 7.99. The molecule has 0 bridgehead atoms. The van der Waals surface area contributed by atoms with Crippen LogP contribution >= 0.6 is 35.3 Å². The Hall–Kier alpha value is -0.0300. The van der Waals surface area contributed by atoms with Gasteiger partial charge in [0.1, 0.15) is 5.75 Å². The number of unbranched alkanes of at least 4 members (excludes halogenated alkanes) is 1. The van der Waals surface area contributed by atoms with E-state index < -0.39 is 0 Å². The zero-order chi connectivity index (χ0) is 16.5. The molecule has 0 aliphatic carbocycles. The lowest BCUT2D eigenvalue weighted by Gasteiger charge is -2.30. The van der Waals surface area contributed by atoms with Crippen molar-refractivity contribution < 1.29 is 4.74 Å². The number of hydrogen-bond acceptors (Lipinski definition) is 4. The molecule has 1 aromatic carbocycles. The third kappa shape index (κ3) is 6.41. The molecule has 1 heterocycles.